The van der Waals surface area contributed by atoms with Gasteiger partial charge in [-0.1, -0.05) is 57.5 Å². The van der Waals surface area contributed by atoms with Crippen LogP contribution in [0.25, 0.3) is 0 Å². The first-order chi connectivity index (χ1) is 18.2. The molecule has 0 aromatic heterocycles. The molecular formula is C32H43N2O3P. The minimum absolute atomic E-state index is 0.0727. The van der Waals surface area contributed by atoms with Gasteiger partial charge in [0, 0.05) is 30.8 Å². The summed E-state index contributed by atoms with van der Waals surface area (Å²) in [6.45, 7) is 6.81. The Balaban J connectivity index is 1.85. The highest BCUT2D eigenvalue weighted by Gasteiger charge is 2.43. The van der Waals surface area contributed by atoms with Gasteiger partial charge in [0.25, 0.3) is 7.37 Å². The first-order valence-corrected chi connectivity index (χ1v) is 15.4. The molecule has 204 valence electrons. The van der Waals surface area contributed by atoms with E-state index in [1.807, 2.05) is 93.0 Å². The number of para-hydroxylation sites is 1. The van der Waals surface area contributed by atoms with Crippen molar-refractivity contribution < 1.29 is 13.8 Å². The van der Waals surface area contributed by atoms with Crippen LogP contribution < -0.4 is 20.3 Å². The van der Waals surface area contributed by atoms with E-state index < -0.39 is 13.2 Å². The molecule has 0 unspecified atom stereocenters. The van der Waals surface area contributed by atoms with Gasteiger partial charge in [0.1, 0.15) is 11.5 Å². The topological polar surface area (TPSA) is 50.8 Å². The summed E-state index contributed by atoms with van der Waals surface area (Å²) >= 11 is 0. The van der Waals surface area contributed by atoms with Gasteiger partial charge in [-0.2, -0.15) is 0 Å². The zero-order valence-electron chi connectivity index (χ0n) is 23.6. The van der Waals surface area contributed by atoms with Gasteiger partial charge in [-0.05, 0) is 84.7 Å². The predicted octanol–water partition coefficient (Wildman–Crippen LogP) is 7.95. The van der Waals surface area contributed by atoms with E-state index in [4.69, 9.17) is 9.26 Å². The largest absolute Gasteiger partial charge is 0.497 e. The van der Waals surface area contributed by atoms with E-state index in [1.54, 1.807) is 7.11 Å². The molecule has 1 aliphatic rings. The van der Waals surface area contributed by atoms with Crippen LogP contribution in [0.5, 0.6) is 5.75 Å². The summed E-state index contributed by atoms with van der Waals surface area (Å²) in [5.41, 5.74) is 2.86. The summed E-state index contributed by atoms with van der Waals surface area (Å²) in [7, 11) is 2.20. The molecule has 3 aromatic carbocycles. The summed E-state index contributed by atoms with van der Waals surface area (Å²) in [4.78, 5) is 2.05. The fourth-order valence-electron chi connectivity index (χ4n) is 5.51. The van der Waals surface area contributed by atoms with Crippen LogP contribution in [0.3, 0.4) is 0 Å². The highest BCUT2D eigenvalue weighted by Crippen LogP contribution is 2.61. The van der Waals surface area contributed by atoms with Crippen molar-refractivity contribution in [3.63, 3.8) is 0 Å². The molecule has 1 saturated carbocycles. The van der Waals surface area contributed by atoms with Gasteiger partial charge in [0.2, 0.25) is 0 Å². The zero-order chi connectivity index (χ0) is 27.3. The van der Waals surface area contributed by atoms with Crippen LogP contribution in [0.4, 0.5) is 11.4 Å². The van der Waals surface area contributed by atoms with E-state index in [0.29, 0.717) is 17.8 Å². The lowest BCUT2D eigenvalue weighted by Gasteiger charge is -2.41. The molecule has 6 heteroatoms. The summed E-state index contributed by atoms with van der Waals surface area (Å²) in [6, 6.07) is 25.8. The number of rotatable bonds is 10. The standard InChI is InChI=1S/C32H43N2O3P/c1-23(2)30-21-12-24(3)22-31(30)37-38(35,29-19-15-27(16-20-29)34(4)5)32(33-26-10-8-7-9-11-26)25-13-17-28(36-6)18-14-25/h7-11,13-20,23-24,30-33H,12,21-22H2,1-6H3/t24-,30-,31-,32-,38-/m1/s1. The number of hydrogen-bond donors (Lipinski definition) is 1. The third-order valence-corrected chi connectivity index (χ3v) is 10.5. The van der Waals surface area contributed by atoms with Gasteiger partial charge in [0.05, 0.1) is 13.2 Å². The molecule has 0 aliphatic heterocycles. The molecule has 1 fully saturated rings. The van der Waals surface area contributed by atoms with Crippen LogP contribution in [0.15, 0.2) is 78.9 Å². The Kier molecular flexibility index (Phi) is 9.23. The summed E-state index contributed by atoms with van der Waals surface area (Å²) in [5, 5.41) is 4.34. The average molecular weight is 535 g/mol. The van der Waals surface area contributed by atoms with Crippen molar-refractivity contribution in [3.8, 4) is 5.75 Å². The molecule has 4 rings (SSSR count). The molecule has 0 saturated heterocycles. The maximum Gasteiger partial charge on any atom is 0.258 e. The lowest BCUT2D eigenvalue weighted by atomic mass is 9.75. The van der Waals surface area contributed by atoms with Crippen LogP contribution in [0, 0.1) is 17.8 Å². The fourth-order valence-corrected chi connectivity index (χ4v) is 8.14. The van der Waals surface area contributed by atoms with Crippen LogP contribution >= 0.6 is 7.37 Å². The Hall–Kier alpha value is -2.75. The van der Waals surface area contributed by atoms with Gasteiger partial charge in [-0.3, -0.25) is 4.57 Å². The fraction of sp³-hybridized carbons (Fsp3) is 0.438. The monoisotopic (exact) mass is 534 g/mol. The molecule has 5 atom stereocenters. The van der Waals surface area contributed by atoms with Gasteiger partial charge in [-0.15, -0.1) is 0 Å². The number of benzene rings is 3. The molecular weight excluding hydrogens is 491 g/mol. The number of hydrogen-bond acceptors (Lipinski definition) is 5. The Labute approximate surface area is 229 Å². The normalized spacial score (nSPS) is 21.9. The number of methoxy groups -OCH3 is 1. The maximum absolute atomic E-state index is 15.6. The second-order valence-corrected chi connectivity index (χ2v) is 13.6. The van der Waals surface area contributed by atoms with E-state index in [0.717, 1.165) is 40.8 Å². The number of nitrogens with zero attached hydrogens (tertiary/aromatic N) is 1. The smallest absolute Gasteiger partial charge is 0.258 e. The van der Waals surface area contributed by atoms with Gasteiger partial charge in [-0.25, -0.2) is 0 Å². The Bertz CT molecular complexity index is 1200. The third-order valence-electron chi connectivity index (χ3n) is 7.83. The van der Waals surface area contributed by atoms with Crippen molar-refractivity contribution in [1.29, 1.82) is 0 Å². The number of ether oxygens (including phenoxy) is 1. The summed E-state index contributed by atoms with van der Waals surface area (Å²) < 4.78 is 28.0. The summed E-state index contributed by atoms with van der Waals surface area (Å²) in [6.07, 6.45) is 3.14. The molecule has 0 bridgehead atoms. The van der Waals surface area contributed by atoms with Gasteiger partial charge < -0.3 is 19.5 Å². The number of anilines is 2. The molecule has 3 aromatic rings. The van der Waals surface area contributed by atoms with Crippen LogP contribution in [-0.2, 0) is 9.09 Å². The SMILES string of the molecule is COc1ccc([C@H](Nc2ccccc2)[P@](=O)(O[C@@H]2C[C@H](C)CC[C@@H]2C(C)C)c2ccc(N(C)C)cc2)cc1. The molecule has 0 amide bonds. The average Bonchev–Trinajstić information content (AvgIpc) is 2.92. The molecule has 0 spiro atoms. The number of nitrogens with one attached hydrogen (secondary N) is 1. The summed E-state index contributed by atoms with van der Waals surface area (Å²) in [5.74, 6) is 1.57. The first-order valence-electron chi connectivity index (χ1n) is 13.7. The molecule has 5 nitrogen and oxygen atoms in total. The van der Waals surface area contributed by atoms with Crippen molar-refractivity contribution in [1.82, 2.24) is 0 Å². The van der Waals surface area contributed by atoms with Crippen molar-refractivity contribution in [2.45, 2.75) is 51.9 Å². The van der Waals surface area contributed by atoms with Crippen molar-refractivity contribution in [2.24, 2.45) is 17.8 Å². The molecule has 1 N–H and O–H groups in total. The van der Waals surface area contributed by atoms with Crippen molar-refractivity contribution in [2.75, 3.05) is 31.4 Å². The minimum atomic E-state index is -3.49. The first kappa shape index (κ1) is 28.3. The predicted molar refractivity (Wildman–Crippen MR) is 160 cm³/mol. The molecule has 38 heavy (non-hydrogen) atoms. The molecule has 1 aliphatic carbocycles. The Morgan fingerprint density at radius 3 is 2.16 bits per heavy atom. The Morgan fingerprint density at radius 1 is 0.921 bits per heavy atom. The lowest BCUT2D eigenvalue weighted by Crippen LogP contribution is -2.35. The lowest BCUT2D eigenvalue weighted by molar-refractivity contribution is 0.0489. The second-order valence-electron chi connectivity index (χ2n) is 11.2. The van der Waals surface area contributed by atoms with Crippen molar-refractivity contribution in [3.05, 3.63) is 84.4 Å². The second kappa shape index (κ2) is 12.4. The van der Waals surface area contributed by atoms with E-state index in [-0.39, 0.29) is 6.10 Å². The van der Waals surface area contributed by atoms with E-state index in [9.17, 15) is 0 Å². The molecule has 0 radical (unpaired) electrons. The zero-order valence-corrected chi connectivity index (χ0v) is 24.5. The highest BCUT2D eigenvalue weighted by molar-refractivity contribution is 7.67. The van der Waals surface area contributed by atoms with Crippen LogP contribution in [-0.4, -0.2) is 27.3 Å². The van der Waals surface area contributed by atoms with E-state index >= 15 is 4.57 Å². The minimum Gasteiger partial charge on any atom is -0.497 e. The quantitative estimate of drug-likeness (QED) is 0.268. The Morgan fingerprint density at radius 2 is 1.58 bits per heavy atom. The maximum atomic E-state index is 15.6. The van der Waals surface area contributed by atoms with Crippen LogP contribution in [0.2, 0.25) is 0 Å². The van der Waals surface area contributed by atoms with Crippen LogP contribution in [0.1, 0.15) is 51.4 Å². The van der Waals surface area contributed by atoms with E-state index in [1.165, 1.54) is 6.42 Å². The van der Waals surface area contributed by atoms with E-state index in [2.05, 4.69) is 31.0 Å². The van der Waals surface area contributed by atoms with Crippen molar-refractivity contribution >= 4 is 24.0 Å². The molecule has 0 heterocycles. The highest BCUT2D eigenvalue weighted by atomic mass is 31.2. The third kappa shape index (κ3) is 6.45. The van der Waals surface area contributed by atoms with Gasteiger partial charge in [0.15, 0.2) is 0 Å². The van der Waals surface area contributed by atoms with Gasteiger partial charge >= 0.3 is 0 Å².